The zero-order valence-corrected chi connectivity index (χ0v) is 7.47. The van der Waals surface area contributed by atoms with Crippen molar-refractivity contribution in [3.05, 3.63) is 28.6 Å². The first kappa shape index (κ1) is 8.51. The molecule has 1 aliphatic carbocycles. The molecule has 0 radical (unpaired) electrons. The molecule has 2 rings (SSSR count). The lowest BCUT2D eigenvalue weighted by atomic mass is 10.0. The van der Waals surface area contributed by atoms with E-state index in [-0.39, 0.29) is 17.6 Å². The van der Waals surface area contributed by atoms with Gasteiger partial charge in [-0.05, 0) is 31.4 Å². The van der Waals surface area contributed by atoms with Crippen molar-refractivity contribution in [1.82, 2.24) is 0 Å². The van der Waals surface area contributed by atoms with E-state index >= 15 is 0 Å². The number of fused-ring (bicyclic) bond motifs is 1. The summed E-state index contributed by atoms with van der Waals surface area (Å²) in [4.78, 5) is 0. The van der Waals surface area contributed by atoms with E-state index in [0.717, 1.165) is 24.0 Å². The third-order valence-corrected chi connectivity index (χ3v) is 2.71. The van der Waals surface area contributed by atoms with Crippen LogP contribution in [-0.2, 0) is 6.42 Å². The third kappa shape index (κ3) is 1.11. The fraction of sp³-hybridized carbons (Fsp3) is 0.400. The number of hydrogen-bond donors (Lipinski definition) is 2. The van der Waals surface area contributed by atoms with E-state index in [9.17, 15) is 9.50 Å². The van der Waals surface area contributed by atoms with Crippen LogP contribution >= 0.6 is 0 Å². The molecule has 0 saturated carbocycles. The van der Waals surface area contributed by atoms with E-state index in [4.69, 9.17) is 5.73 Å². The van der Waals surface area contributed by atoms with Crippen LogP contribution in [0.3, 0.4) is 0 Å². The molecule has 0 amide bonds. The molecule has 3 heteroatoms. The van der Waals surface area contributed by atoms with Gasteiger partial charge in [-0.2, -0.15) is 0 Å². The van der Waals surface area contributed by atoms with E-state index in [0.29, 0.717) is 5.56 Å². The zero-order valence-electron chi connectivity index (χ0n) is 7.47. The summed E-state index contributed by atoms with van der Waals surface area (Å²) >= 11 is 0. The van der Waals surface area contributed by atoms with Gasteiger partial charge in [-0.1, -0.05) is 0 Å². The maximum absolute atomic E-state index is 13.2. The van der Waals surface area contributed by atoms with E-state index in [2.05, 4.69) is 0 Å². The number of aromatic hydroxyl groups is 1. The molecule has 1 atom stereocenters. The minimum atomic E-state index is -0.342. The molecule has 1 aromatic carbocycles. The van der Waals surface area contributed by atoms with Crippen LogP contribution < -0.4 is 5.73 Å². The van der Waals surface area contributed by atoms with Crippen molar-refractivity contribution < 1.29 is 9.50 Å². The molecule has 0 aliphatic heterocycles. The first-order valence-electron chi connectivity index (χ1n) is 4.37. The van der Waals surface area contributed by atoms with Crippen molar-refractivity contribution >= 4 is 0 Å². The van der Waals surface area contributed by atoms with E-state index < -0.39 is 0 Å². The lowest BCUT2D eigenvalue weighted by Crippen LogP contribution is -2.06. The summed E-state index contributed by atoms with van der Waals surface area (Å²) < 4.78 is 13.2. The molecule has 70 valence electrons. The van der Waals surface area contributed by atoms with Crippen LogP contribution in [0.4, 0.5) is 4.39 Å². The van der Waals surface area contributed by atoms with Gasteiger partial charge in [0.2, 0.25) is 0 Å². The minimum Gasteiger partial charge on any atom is -0.507 e. The van der Waals surface area contributed by atoms with Crippen molar-refractivity contribution in [1.29, 1.82) is 0 Å². The summed E-state index contributed by atoms with van der Waals surface area (Å²) in [7, 11) is 0. The smallest absolute Gasteiger partial charge is 0.130 e. The molecule has 1 aromatic rings. The average molecular weight is 181 g/mol. The van der Waals surface area contributed by atoms with E-state index in [1.165, 1.54) is 6.07 Å². The van der Waals surface area contributed by atoms with E-state index in [1.807, 2.05) is 0 Å². The SMILES string of the molecule is Cc1c(F)cc2c(c1O)C(N)CC2. The predicted molar refractivity (Wildman–Crippen MR) is 48.1 cm³/mol. The topological polar surface area (TPSA) is 46.2 Å². The van der Waals surface area contributed by atoms with Gasteiger partial charge in [-0.15, -0.1) is 0 Å². The van der Waals surface area contributed by atoms with Gasteiger partial charge < -0.3 is 10.8 Å². The molecule has 0 heterocycles. The highest BCUT2D eigenvalue weighted by atomic mass is 19.1. The number of phenols is 1. The highest BCUT2D eigenvalue weighted by Gasteiger charge is 2.25. The first-order valence-corrected chi connectivity index (χ1v) is 4.37. The van der Waals surface area contributed by atoms with E-state index in [1.54, 1.807) is 6.92 Å². The van der Waals surface area contributed by atoms with Crippen molar-refractivity contribution in [2.75, 3.05) is 0 Å². The van der Waals surface area contributed by atoms with Crippen LogP contribution in [-0.4, -0.2) is 5.11 Å². The van der Waals surface area contributed by atoms with Gasteiger partial charge in [0, 0.05) is 17.2 Å². The maximum Gasteiger partial charge on any atom is 0.130 e. The molecular weight excluding hydrogens is 169 g/mol. The predicted octanol–water partition coefficient (Wildman–Crippen LogP) is 1.79. The third-order valence-electron chi connectivity index (χ3n) is 2.71. The Morgan fingerprint density at radius 2 is 2.31 bits per heavy atom. The Kier molecular flexibility index (Phi) is 1.77. The summed E-state index contributed by atoms with van der Waals surface area (Å²) in [6.45, 7) is 1.57. The molecule has 3 N–H and O–H groups in total. The molecule has 0 bridgehead atoms. The quantitative estimate of drug-likeness (QED) is 0.641. The van der Waals surface area contributed by atoms with Crippen LogP contribution in [0.2, 0.25) is 0 Å². The number of aryl methyl sites for hydroxylation is 1. The van der Waals surface area contributed by atoms with Gasteiger partial charge in [-0.25, -0.2) is 4.39 Å². The summed E-state index contributed by atoms with van der Waals surface area (Å²) in [6.07, 6.45) is 1.56. The Morgan fingerprint density at radius 3 is 3.00 bits per heavy atom. The number of nitrogens with two attached hydrogens (primary N) is 1. The number of rotatable bonds is 0. The largest absolute Gasteiger partial charge is 0.507 e. The van der Waals surface area contributed by atoms with Crippen LogP contribution in [0.5, 0.6) is 5.75 Å². The number of hydrogen-bond acceptors (Lipinski definition) is 2. The Morgan fingerprint density at radius 1 is 1.62 bits per heavy atom. The fourth-order valence-corrected chi connectivity index (χ4v) is 1.88. The molecule has 2 nitrogen and oxygen atoms in total. The number of halogens is 1. The Hall–Kier alpha value is -1.09. The minimum absolute atomic E-state index is 0.0417. The van der Waals surface area contributed by atoms with Crippen LogP contribution in [0.15, 0.2) is 6.07 Å². The van der Waals surface area contributed by atoms with Gasteiger partial charge in [-0.3, -0.25) is 0 Å². The molecule has 1 aliphatic rings. The second-order valence-electron chi connectivity index (χ2n) is 3.55. The molecule has 0 aromatic heterocycles. The fourth-order valence-electron chi connectivity index (χ4n) is 1.88. The maximum atomic E-state index is 13.2. The summed E-state index contributed by atoms with van der Waals surface area (Å²) in [6, 6.07) is 1.35. The second kappa shape index (κ2) is 2.70. The van der Waals surface area contributed by atoms with Gasteiger partial charge in [0.05, 0.1) is 0 Å². The molecule has 13 heavy (non-hydrogen) atoms. The lowest BCUT2D eigenvalue weighted by molar-refractivity contribution is 0.452. The highest BCUT2D eigenvalue weighted by Crippen LogP contribution is 2.38. The van der Waals surface area contributed by atoms with Gasteiger partial charge >= 0.3 is 0 Å². The summed E-state index contributed by atoms with van der Waals surface area (Å²) in [5.74, 6) is -0.301. The number of benzene rings is 1. The van der Waals surface area contributed by atoms with Crippen LogP contribution in [0, 0.1) is 12.7 Å². The molecule has 1 unspecified atom stereocenters. The summed E-state index contributed by atoms with van der Waals surface area (Å²) in [5, 5.41) is 9.65. The lowest BCUT2D eigenvalue weighted by Gasteiger charge is -2.10. The molecule has 0 fully saturated rings. The van der Waals surface area contributed by atoms with Gasteiger partial charge in [0.15, 0.2) is 0 Å². The zero-order chi connectivity index (χ0) is 9.59. The summed E-state index contributed by atoms with van der Waals surface area (Å²) in [5.41, 5.74) is 7.68. The molecular formula is C10H12FNO. The molecule has 0 saturated heterocycles. The van der Waals surface area contributed by atoms with Crippen LogP contribution in [0.25, 0.3) is 0 Å². The van der Waals surface area contributed by atoms with Gasteiger partial charge in [0.1, 0.15) is 11.6 Å². The Labute approximate surface area is 76.2 Å². The van der Waals surface area contributed by atoms with Gasteiger partial charge in [0.25, 0.3) is 0 Å². The van der Waals surface area contributed by atoms with Crippen LogP contribution in [0.1, 0.15) is 29.2 Å². The second-order valence-corrected chi connectivity index (χ2v) is 3.55. The highest BCUT2D eigenvalue weighted by molar-refractivity contribution is 5.49. The van der Waals surface area contributed by atoms with Crippen molar-refractivity contribution in [2.45, 2.75) is 25.8 Å². The van der Waals surface area contributed by atoms with Crippen molar-refractivity contribution in [3.8, 4) is 5.75 Å². The monoisotopic (exact) mass is 181 g/mol. The number of phenolic OH excluding ortho intramolecular Hbond substituents is 1. The first-order chi connectivity index (χ1) is 6.11. The normalized spacial score (nSPS) is 20.4. The Balaban J connectivity index is 2.68. The van der Waals surface area contributed by atoms with Crippen molar-refractivity contribution in [2.24, 2.45) is 5.73 Å². The Bertz CT molecular complexity index is 362. The standard InChI is InChI=1S/C10H12FNO/c1-5-7(11)4-6-2-3-8(12)9(6)10(5)13/h4,8,13H,2-3,12H2,1H3. The molecule has 0 spiro atoms. The van der Waals surface area contributed by atoms with Crippen molar-refractivity contribution in [3.63, 3.8) is 0 Å². The average Bonchev–Trinajstić information content (AvgIpc) is 2.43.